The Labute approximate surface area is 122 Å². The maximum Gasteiger partial charge on any atom is 0.336 e. The molecule has 2 amide bonds. The molecule has 108 valence electrons. The van der Waals surface area contributed by atoms with Crippen molar-refractivity contribution in [2.45, 2.75) is 13.8 Å². The van der Waals surface area contributed by atoms with Gasteiger partial charge in [0.15, 0.2) is 0 Å². The molecule has 0 unspecified atom stereocenters. The molecule has 0 heterocycles. The van der Waals surface area contributed by atoms with Crippen molar-refractivity contribution in [1.82, 2.24) is 0 Å². The number of carboxylic acid groups (broad SMARTS) is 1. The van der Waals surface area contributed by atoms with Gasteiger partial charge in [-0.05, 0) is 43.7 Å². The fourth-order valence-electron chi connectivity index (χ4n) is 1.92. The van der Waals surface area contributed by atoms with E-state index in [2.05, 4.69) is 10.6 Å². The van der Waals surface area contributed by atoms with Crippen LogP contribution in [0.1, 0.15) is 21.5 Å². The molecule has 0 fully saturated rings. The molecule has 2 rings (SSSR count). The summed E-state index contributed by atoms with van der Waals surface area (Å²) in [6, 6.07) is 11.7. The molecule has 0 atom stereocenters. The quantitative estimate of drug-likeness (QED) is 0.805. The Morgan fingerprint density at radius 3 is 2.24 bits per heavy atom. The number of carbonyl (C=O) groups is 2. The third-order valence-electron chi connectivity index (χ3n) is 3.12. The lowest BCUT2D eigenvalue weighted by atomic mass is 10.1. The molecule has 3 N–H and O–H groups in total. The van der Waals surface area contributed by atoms with E-state index in [1.165, 1.54) is 6.07 Å². The molecule has 0 aromatic heterocycles. The summed E-state index contributed by atoms with van der Waals surface area (Å²) < 4.78 is 0. The number of hydrogen-bond donors (Lipinski definition) is 3. The van der Waals surface area contributed by atoms with Crippen LogP contribution >= 0.6 is 0 Å². The summed E-state index contributed by atoms with van der Waals surface area (Å²) in [6.45, 7) is 3.62. The smallest absolute Gasteiger partial charge is 0.336 e. The Balaban J connectivity index is 2.11. The van der Waals surface area contributed by atoms with Gasteiger partial charge in [0.25, 0.3) is 0 Å². The van der Waals surface area contributed by atoms with Gasteiger partial charge in [-0.15, -0.1) is 0 Å². The van der Waals surface area contributed by atoms with Gasteiger partial charge in [0.2, 0.25) is 0 Å². The van der Waals surface area contributed by atoms with Crippen molar-refractivity contribution < 1.29 is 14.7 Å². The number of hydrogen-bond acceptors (Lipinski definition) is 2. The first-order chi connectivity index (χ1) is 9.97. The van der Waals surface area contributed by atoms with E-state index in [0.717, 1.165) is 5.56 Å². The second kappa shape index (κ2) is 6.09. The molecule has 0 radical (unpaired) electrons. The van der Waals surface area contributed by atoms with Crippen molar-refractivity contribution >= 4 is 23.4 Å². The Morgan fingerprint density at radius 2 is 1.62 bits per heavy atom. The van der Waals surface area contributed by atoms with Crippen molar-refractivity contribution in [3.05, 3.63) is 59.2 Å². The fourth-order valence-corrected chi connectivity index (χ4v) is 1.92. The fraction of sp³-hybridized carbons (Fsp3) is 0.125. The summed E-state index contributed by atoms with van der Waals surface area (Å²) >= 11 is 0. The monoisotopic (exact) mass is 284 g/mol. The van der Waals surface area contributed by atoms with E-state index in [1.807, 2.05) is 19.1 Å². The predicted octanol–water partition coefficient (Wildman–Crippen LogP) is 3.65. The van der Waals surface area contributed by atoms with Gasteiger partial charge in [-0.3, -0.25) is 0 Å². The lowest BCUT2D eigenvalue weighted by molar-refractivity contribution is 0.0696. The van der Waals surface area contributed by atoms with Crippen LogP contribution < -0.4 is 10.6 Å². The molecule has 0 saturated carbocycles. The molecule has 0 spiro atoms. The zero-order chi connectivity index (χ0) is 15.4. The first kappa shape index (κ1) is 14.6. The van der Waals surface area contributed by atoms with Crippen LogP contribution in [0.25, 0.3) is 0 Å². The number of rotatable bonds is 3. The number of aromatic carboxylic acids is 1. The maximum absolute atomic E-state index is 11.9. The van der Waals surface area contributed by atoms with Gasteiger partial charge in [-0.2, -0.15) is 0 Å². The first-order valence-corrected chi connectivity index (χ1v) is 6.45. The number of aryl methyl sites for hydroxylation is 1. The van der Waals surface area contributed by atoms with Gasteiger partial charge < -0.3 is 15.7 Å². The number of carboxylic acids is 1. The Hall–Kier alpha value is -2.82. The molecule has 0 aliphatic heterocycles. The van der Waals surface area contributed by atoms with Gasteiger partial charge in [0.1, 0.15) is 0 Å². The zero-order valence-electron chi connectivity index (χ0n) is 11.8. The number of anilines is 2. The average molecular weight is 284 g/mol. The lowest BCUT2D eigenvalue weighted by Crippen LogP contribution is -2.20. The Morgan fingerprint density at radius 1 is 0.952 bits per heavy atom. The van der Waals surface area contributed by atoms with Crippen LogP contribution in [0.2, 0.25) is 0 Å². The van der Waals surface area contributed by atoms with Gasteiger partial charge >= 0.3 is 12.0 Å². The molecule has 5 heteroatoms. The van der Waals surface area contributed by atoms with Gasteiger partial charge in [0, 0.05) is 11.4 Å². The van der Waals surface area contributed by atoms with Crippen molar-refractivity contribution in [3.8, 4) is 0 Å². The van der Waals surface area contributed by atoms with E-state index in [9.17, 15) is 9.59 Å². The van der Waals surface area contributed by atoms with Crippen LogP contribution in [-0.4, -0.2) is 17.1 Å². The summed E-state index contributed by atoms with van der Waals surface area (Å²) in [5, 5.41) is 14.4. The average Bonchev–Trinajstić information content (AvgIpc) is 2.43. The SMILES string of the molecule is Cc1ccc(NC(=O)Nc2cccc(C(=O)O)c2C)cc1. The van der Waals surface area contributed by atoms with Gasteiger partial charge in [-0.25, -0.2) is 9.59 Å². The van der Waals surface area contributed by atoms with Crippen LogP contribution in [0.4, 0.5) is 16.2 Å². The minimum atomic E-state index is -1.02. The van der Waals surface area contributed by atoms with Crippen LogP contribution in [0.15, 0.2) is 42.5 Å². The normalized spacial score (nSPS) is 10.0. The van der Waals surface area contributed by atoms with Crippen molar-refractivity contribution in [3.63, 3.8) is 0 Å². The lowest BCUT2D eigenvalue weighted by Gasteiger charge is -2.11. The predicted molar refractivity (Wildman–Crippen MR) is 82.0 cm³/mol. The zero-order valence-corrected chi connectivity index (χ0v) is 11.8. The highest BCUT2D eigenvalue weighted by Gasteiger charge is 2.11. The van der Waals surface area contributed by atoms with E-state index in [4.69, 9.17) is 5.11 Å². The molecule has 2 aromatic carbocycles. The molecule has 2 aromatic rings. The summed E-state index contributed by atoms with van der Waals surface area (Å²) in [6.07, 6.45) is 0. The van der Waals surface area contributed by atoms with Crippen molar-refractivity contribution in [2.24, 2.45) is 0 Å². The highest BCUT2D eigenvalue weighted by molar-refractivity contribution is 6.01. The van der Waals surface area contributed by atoms with E-state index < -0.39 is 12.0 Å². The Bertz CT molecular complexity index is 678. The van der Waals surface area contributed by atoms with E-state index >= 15 is 0 Å². The summed E-state index contributed by atoms with van der Waals surface area (Å²) in [4.78, 5) is 23.0. The molecule has 0 bridgehead atoms. The van der Waals surface area contributed by atoms with Crippen LogP contribution in [-0.2, 0) is 0 Å². The molecule has 0 saturated heterocycles. The minimum absolute atomic E-state index is 0.170. The molecular formula is C16H16N2O3. The Kier molecular flexibility index (Phi) is 4.23. The second-order valence-corrected chi connectivity index (χ2v) is 4.73. The van der Waals surface area contributed by atoms with Gasteiger partial charge in [-0.1, -0.05) is 23.8 Å². The summed E-state index contributed by atoms with van der Waals surface area (Å²) in [7, 11) is 0. The minimum Gasteiger partial charge on any atom is -0.478 e. The van der Waals surface area contributed by atoms with Crippen LogP contribution in [0, 0.1) is 13.8 Å². The third kappa shape index (κ3) is 3.60. The molecule has 21 heavy (non-hydrogen) atoms. The van der Waals surface area contributed by atoms with Crippen molar-refractivity contribution in [1.29, 1.82) is 0 Å². The largest absolute Gasteiger partial charge is 0.478 e. The number of amides is 2. The van der Waals surface area contributed by atoms with E-state index in [1.54, 1.807) is 31.2 Å². The standard InChI is InChI=1S/C16H16N2O3/c1-10-6-8-12(9-7-10)17-16(21)18-14-5-3-4-13(11(14)2)15(19)20/h3-9H,1-2H3,(H,19,20)(H2,17,18,21). The molecule has 0 aliphatic rings. The van der Waals surface area contributed by atoms with E-state index in [-0.39, 0.29) is 5.56 Å². The number of urea groups is 1. The number of carbonyl (C=O) groups excluding carboxylic acids is 1. The maximum atomic E-state index is 11.9. The second-order valence-electron chi connectivity index (χ2n) is 4.73. The highest BCUT2D eigenvalue weighted by atomic mass is 16.4. The number of benzene rings is 2. The van der Waals surface area contributed by atoms with E-state index in [0.29, 0.717) is 16.9 Å². The van der Waals surface area contributed by atoms with Gasteiger partial charge in [0.05, 0.1) is 5.56 Å². The number of nitrogens with one attached hydrogen (secondary N) is 2. The summed E-state index contributed by atoms with van der Waals surface area (Å²) in [5.74, 6) is -1.02. The molecule has 0 aliphatic carbocycles. The topological polar surface area (TPSA) is 78.4 Å². The molecule has 5 nitrogen and oxygen atoms in total. The third-order valence-corrected chi connectivity index (χ3v) is 3.12. The highest BCUT2D eigenvalue weighted by Crippen LogP contribution is 2.19. The summed E-state index contributed by atoms with van der Waals surface area (Å²) in [5.41, 5.74) is 2.93. The van der Waals surface area contributed by atoms with Crippen LogP contribution in [0.5, 0.6) is 0 Å². The first-order valence-electron chi connectivity index (χ1n) is 6.45. The van der Waals surface area contributed by atoms with Crippen molar-refractivity contribution in [2.75, 3.05) is 10.6 Å². The van der Waals surface area contributed by atoms with Crippen LogP contribution in [0.3, 0.4) is 0 Å². The molecular weight excluding hydrogens is 268 g/mol.